The van der Waals surface area contributed by atoms with Crippen molar-refractivity contribution in [2.45, 2.75) is 58.9 Å². The number of terminal acetylenes is 1. The monoisotopic (exact) mass is 283 g/mol. The van der Waals surface area contributed by atoms with Crippen molar-refractivity contribution in [2.75, 3.05) is 11.4 Å². The van der Waals surface area contributed by atoms with E-state index < -0.39 is 0 Å². The molecule has 0 N–H and O–H groups in total. The second-order valence-corrected chi connectivity index (χ2v) is 5.95. The zero-order valence-electron chi connectivity index (χ0n) is 13.4. The Kier molecular flexibility index (Phi) is 5.07. The summed E-state index contributed by atoms with van der Waals surface area (Å²) in [5.74, 6) is 2.78. The van der Waals surface area contributed by atoms with Crippen LogP contribution in [-0.4, -0.2) is 18.4 Å². The lowest BCUT2D eigenvalue weighted by Crippen LogP contribution is -2.37. The average molecular weight is 283 g/mol. The van der Waals surface area contributed by atoms with Crippen molar-refractivity contribution in [3.8, 4) is 12.3 Å². The van der Waals surface area contributed by atoms with Gasteiger partial charge in [-0.1, -0.05) is 25.2 Å². The zero-order valence-corrected chi connectivity index (χ0v) is 13.4. The minimum absolute atomic E-state index is 0.0885. The molecule has 0 unspecified atom stereocenters. The fourth-order valence-electron chi connectivity index (χ4n) is 3.46. The van der Waals surface area contributed by atoms with E-state index in [-0.39, 0.29) is 5.78 Å². The summed E-state index contributed by atoms with van der Waals surface area (Å²) in [5.41, 5.74) is 3.77. The van der Waals surface area contributed by atoms with Gasteiger partial charge < -0.3 is 4.90 Å². The topological polar surface area (TPSA) is 20.3 Å². The molecule has 1 fully saturated rings. The van der Waals surface area contributed by atoms with Crippen LogP contribution in [0.4, 0.5) is 5.69 Å². The number of rotatable bonds is 4. The predicted molar refractivity (Wildman–Crippen MR) is 89.0 cm³/mol. The maximum Gasteiger partial charge on any atom is 0.160 e. The lowest BCUT2D eigenvalue weighted by Gasteiger charge is -2.36. The number of anilines is 1. The second-order valence-electron chi connectivity index (χ2n) is 5.95. The van der Waals surface area contributed by atoms with Gasteiger partial charge in [0.1, 0.15) is 0 Å². The Hall–Kier alpha value is -1.75. The van der Waals surface area contributed by atoms with Crippen LogP contribution in [0.1, 0.15) is 67.4 Å². The molecule has 0 bridgehead atoms. The van der Waals surface area contributed by atoms with Gasteiger partial charge in [0.2, 0.25) is 0 Å². The summed E-state index contributed by atoms with van der Waals surface area (Å²) in [5, 5.41) is 0. The van der Waals surface area contributed by atoms with Crippen LogP contribution >= 0.6 is 0 Å². The van der Waals surface area contributed by atoms with Gasteiger partial charge in [0.15, 0.2) is 5.78 Å². The van der Waals surface area contributed by atoms with Gasteiger partial charge in [-0.25, -0.2) is 0 Å². The molecule has 0 radical (unpaired) electrons. The molecule has 0 saturated heterocycles. The van der Waals surface area contributed by atoms with Crippen molar-refractivity contribution in [3.63, 3.8) is 0 Å². The lowest BCUT2D eigenvalue weighted by molar-refractivity contribution is 0.101. The molecule has 0 aliphatic heterocycles. The highest BCUT2D eigenvalue weighted by Crippen LogP contribution is 2.32. The standard InChI is InChI=1S/C19H25NO/c1-5-16-12-18(15(4)21)14(3)19(13-16)20(6-2)17-10-8-7-9-11-17/h1,12-13,17H,6-11H2,2-4H3. The first-order chi connectivity index (χ1) is 10.1. The summed E-state index contributed by atoms with van der Waals surface area (Å²) in [6.07, 6.45) is 12.0. The highest BCUT2D eigenvalue weighted by atomic mass is 16.1. The molecule has 1 saturated carbocycles. The quantitative estimate of drug-likeness (QED) is 0.605. The van der Waals surface area contributed by atoms with E-state index in [4.69, 9.17) is 6.42 Å². The molecule has 1 aromatic carbocycles. The van der Waals surface area contributed by atoms with E-state index in [1.54, 1.807) is 6.92 Å². The molecule has 112 valence electrons. The van der Waals surface area contributed by atoms with Crippen LogP contribution in [0.15, 0.2) is 12.1 Å². The molecule has 0 aromatic heterocycles. The van der Waals surface area contributed by atoms with E-state index in [0.717, 1.165) is 28.9 Å². The molecule has 2 nitrogen and oxygen atoms in total. The van der Waals surface area contributed by atoms with Crippen LogP contribution in [0.2, 0.25) is 0 Å². The van der Waals surface area contributed by atoms with Crippen molar-refractivity contribution in [3.05, 3.63) is 28.8 Å². The van der Waals surface area contributed by atoms with Gasteiger partial charge >= 0.3 is 0 Å². The molecule has 0 atom stereocenters. The van der Waals surface area contributed by atoms with Crippen molar-refractivity contribution in [1.29, 1.82) is 0 Å². The van der Waals surface area contributed by atoms with Crippen molar-refractivity contribution in [2.24, 2.45) is 0 Å². The highest BCUT2D eigenvalue weighted by Gasteiger charge is 2.23. The first kappa shape index (κ1) is 15.6. The minimum atomic E-state index is 0.0885. The summed E-state index contributed by atoms with van der Waals surface area (Å²) in [6.45, 7) is 6.79. The Morgan fingerprint density at radius 3 is 2.52 bits per heavy atom. The molecular formula is C19H25NO. The number of benzene rings is 1. The molecule has 2 rings (SSSR count). The Morgan fingerprint density at radius 2 is 2.00 bits per heavy atom. The second kappa shape index (κ2) is 6.80. The molecule has 0 spiro atoms. The number of hydrogen-bond donors (Lipinski definition) is 0. The van der Waals surface area contributed by atoms with E-state index in [9.17, 15) is 4.79 Å². The van der Waals surface area contributed by atoms with E-state index in [1.165, 1.54) is 32.1 Å². The van der Waals surface area contributed by atoms with Gasteiger partial charge in [0, 0.05) is 29.4 Å². The summed E-state index contributed by atoms with van der Waals surface area (Å²) in [7, 11) is 0. The fourth-order valence-corrected chi connectivity index (χ4v) is 3.46. The minimum Gasteiger partial charge on any atom is -0.369 e. The molecule has 0 heterocycles. The molecule has 1 aliphatic carbocycles. The highest BCUT2D eigenvalue weighted by molar-refractivity contribution is 5.97. The van der Waals surface area contributed by atoms with Crippen molar-refractivity contribution in [1.82, 2.24) is 0 Å². The van der Waals surface area contributed by atoms with Crippen molar-refractivity contribution < 1.29 is 4.79 Å². The molecule has 1 aliphatic rings. The third-order valence-corrected chi connectivity index (χ3v) is 4.59. The number of hydrogen-bond acceptors (Lipinski definition) is 2. The van der Waals surface area contributed by atoms with Crippen LogP contribution in [0, 0.1) is 19.3 Å². The first-order valence-corrected chi connectivity index (χ1v) is 7.97. The molecule has 21 heavy (non-hydrogen) atoms. The maximum atomic E-state index is 11.9. The summed E-state index contributed by atoms with van der Waals surface area (Å²) in [6, 6.07) is 4.49. The van der Waals surface area contributed by atoms with E-state index in [0.29, 0.717) is 6.04 Å². The molecule has 2 heteroatoms. The molecular weight excluding hydrogens is 258 g/mol. The summed E-state index contributed by atoms with van der Waals surface area (Å²) < 4.78 is 0. The van der Waals surface area contributed by atoms with Gasteiger partial charge in [-0.2, -0.15) is 0 Å². The first-order valence-electron chi connectivity index (χ1n) is 7.97. The van der Waals surface area contributed by atoms with Crippen LogP contribution in [0.3, 0.4) is 0 Å². The van der Waals surface area contributed by atoms with Gasteiger partial charge in [-0.3, -0.25) is 4.79 Å². The summed E-state index contributed by atoms with van der Waals surface area (Å²) in [4.78, 5) is 14.3. The largest absolute Gasteiger partial charge is 0.369 e. The van der Waals surface area contributed by atoms with Crippen LogP contribution < -0.4 is 4.90 Å². The maximum absolute atomic E-state index is 11.9. The van der Waals surface area contributed by atoms with Crippen LogP contribution in [0.5, 0.6) is 0 Å². The van der Waals surface area contributed by atoms with E-state index >= 15 is 0 Å². The molecule has 0 amide bonds. The van der Waals surface area contributed by atoms with Crippen LogP contribution in [0.25, 0.3) is 0 Å². The van der Waals surface area contributed by atoms with Crippen molar-refractivity contribution >= 4 is 11.5 Å². The normalized spacial score (nSPS) is 15.5. The Balaban J connectivity index is 2.47. The van der Waals surface area contributed by atoms with Gasteiger partial charge in [-0.15, -0.1) is 6.42 Å². The zero-order chi connectivity index (χ0) is 15.4. The number of ketones is 1. The molecule has 1 aromatic rings. The third kappa shape index (κ3) is 3.29. The summed E-state index contributed by atoms with van der Waals surface area (Å²) >= 11 is 0. The smallest absolute Gasteiger partial charge is 0.160 e. The predicted octanol–water partition coefficient (Wildman–Crippen LogP) is 4.34. The number of Topliss-reactive ketones (excluding diaryl/α,β-unsaturated/α-hetero) is 1. The third-order valence-electron chi connectivity index (χ3n) is 4.59. The fraction of sp³-hybridized carbons (Fsp3) is 0.526. The average Bonchev–Trinajstić information content (AvgIpc) is 2.50. The van der Waals surface area contributed by atoms with Gasteiger partial charge in [0.25, 0.3) is 0 Å². The number of carbonyl (C=O) groups excluding carboxylic acids is 1. The number of nitrogens with zero attached hydrogens (tertiary/aromatic N) is 1. The Morgan fingerprint density at radius 1 is 1.33 bits per heavy atom. The number of carbonyl (C=O) groups is 1. The van der Waals surface area contributed by atoms with Gasteiger partial charge in [0.05, 0.1) is 0 Å². The Labute approximate surface area is 128 Å². The van der Waals surface area contributed by atoms with Crippen LogP contribution in [-0.2, 0) is 0 Å². The van der Waals surface area contributed by atoms with E-state index in [2.05, 4.69) is 23.8 Å². The van der Waals surface area contributed by atoms with Gasteiger partial charge in [-0.05, 0) is 51.3 Å². The SMILES string of the molecule is C#Cc1cc(C(C)=O)c(C)c(N(CC)C2CCCCC2)c1. The van der Waals surface area contributed by atoms with E-state index in [1.807, 2.05) is 13.0 Å². The lowest BCUT2D eigenvalue weighted by atomic mass is 9.92. The Bertz CT molecular complexity index is 562.